The van der Waals surface area contributed by atoms with E-state index in [1.54, 1.807) is 24.3 Å². The summed E-state index contributed by atoms with van der Waals surface area (Å²) in [5, 5.41) is 3.53. The number of hydrogen-bond acceptors (Lipinski definition) is 4. The van der Waals surface area contributed by atoms with Crippen LogP contribution in [-0.2, 0) is 0 Å². The van der Waals surface area contributed by atoms with E-state index in [9.17, 15) is 9.59 Å². The van der Waals surface area contributed by atoms with E-state index in [1.165, 1.54) is 0 Å². The molecular formula is C19H26N4O2. The first-order valence-electron chi connectivity index (χ1n) is 8.86. The Hall–Kier alpha value is -2.18. The number of nitrogens with zero attached hydrogens (tertiary/aromatic N) is 2. The van der Waals surface area contributed by atoms with Crippen molar-refractivity contribution >= 4 is 16.8 Å². The number of H-pyrrole nitrogens is 1. The van der Waals surface area contributed by atoms with Crippen molar-refractivity contribution in [3.63, 3.8) is 0 Å². The highest BCUT2D eigenvalue weighted by Crippen LogP contribution is 2.14. The number of benzene rings is 1. The number of likely N-dealkylation sites (N-methyl/N-ethyl adjacent to an activating group) is 1. The second kappa shape index (κ2) is 7.80. The molecule has 0 aliphatic carbocycles. The van der Waals surface area contributed by atoms with Gasteiger partial charge in [-0.25, -0.2) is 0 Å². The number of rotatable bonds is 5. The largest absolute Gasteiger partial charge is 0.358 e. The van der Waals surface area contributed by atoms with Crippen molar-refractivity contribution in [3.8, 4) is 0 Å². The summed E-state index contributed by atoms with van der Waals surface area (Å²) in [6.07, 6.45) is 0.926. The van der Waals surface area contributed by atoms with Gasteiger partial charge in [0, 0.05) is 49.9 Å². The van der Waals surface area contributed by atoms with Crippen LogP contribution in [0.5, 0.6) is 0 Å². The lowest BCUT2D eigenvalue weighted by Crippen LogP contribution is -2.45. The number of nitrogens with one attached hydrogen (secondary N) is 2. The highest BCUT2D eigenvalue weighted by atomic mass is 16.1. The summed E-state index contributed by atoms with van der Waals surface area (Å²) < 4.78 is 0. The van der Waals surface area contributed by atoms with E-state index in [2.05, 4.69) is 27.1 Å². The van der Waals surface area contributed by atoms with Crippen LogP contribution < -0.4 is 10.7 Å². The molecule has 1 amide bonds. The predicted octanol–water partition coefficient (Wildman–Crippen LogP) is 1.20. The molecule has 1 saturated heterocycles. The number of pyridine rings is 1. The summed E-state index contributed by atoms with van der Waals surface area (Å²) in [6.45, 7) is 7.86. The number of aryl methyl sites for hydroxylation is 1. The van der Waals surface area contributed by atoms with Crippen molar-refractivity contribution in [1.29, 1.82) is 0 Å². The molecule has 0 atom stereocenters. The summed E-state index contributed by atoms with van der Waals surface area (Å²) in [5.41, 5.74) is 1.84. The van der Waals surface area contributed by atoms with Crippen molar-refractivity contribution < 1.29 is 4.79 Å². The Labute approximate surface area is 147 Å². The molecule has 1 aromatic heterocycles. The van der Waals surface area contributed by atoms with Gasteiger partial charge in [-0.15, -0.1) is 0 Å². The molecule has 25 heavy (non-hydrogen) atoms. The zero-order valence-corrected chi connectivity index (χ0v) is 15.0. The van der Waals surface area contributed by atoms with Crippen molar-refractivity contribution in [2.45, 2.75) is 13.3 Å². The number of amides is 1. The van der Waals surface area contributed by atoms with Crippen LogP contribution in [-0.4, -0.2) is 67.0 Å². The first-order valence-corrected chi connectivity index (χ1v) is 8.86. The maximum atomic E-state index is 12.5. The standard InChI is InChI=1S/C19H26N4O2/c1-14-13-17(24)15-5-3-6-16(18(15)21-14)19(25)20-7-4-8-23-11-9-22(2)10-12-23/h3,5-6,13H,4,7-12H2,1-2H3,(H,20,25)(H,21,24). The van der Waals surface area contributed by atoms with Crippen molar-refractivity contribution in [2.75, 3.05) is 46.3 Å². The molecule has 2 N–H and O–H groups in total. The molecule has 6 heteroatoms. The minimum absolute atomic E-state index is 0.0593. The molecule has 1 aromatic carbocycles. The number of hydrogen-bond donors (Lipinski definition) is 2. The maximum absolute atomic E-state index is 12.5. The number of aromatic nitrogens is 1. The minimum atomic E-state index is -0.134. The van der Waals surface area contributed by atoms with Gasteiger partial charge in [-0.1, -0.05) is 6.07 Å². The number of fused-ring (bicyclic) bond motifs is 1. The summed E-state index contributed by atoms with van der Waals surface area (Å²) in [7, 11) is 2.15. The molecule has 1 aliphatic rings. The van der Waals surface area contributed by atoms with E-state index in [4.69, 9.17) is 0 Å². The van der Waals surface area contributed by atoms with E-state index >= 15 is 0 Å². The SMILES string of the molecule is Cc1cc(=O)c2cccc(C(=O)NCCCN3CCN(C)CC3)c2[nH]1. The molecule has 134 valence electrons. The Morgan fingerprint density at radius 3 is 2.76 bits per heavy atom. The third kappa shape index (κ3) is 4.27. The molecule has 0 bridgehead atoms. The average molecular weight is 342 g/mol. The van der Waals surface area contributed by atoms with Crippen LogP contribution in [0.2, 0.25) is 0 Å². The molecule has 2 aromatic rings. The van der Waals surface area contributed by atoms with Gasteiger partial charge in [-0.05, 0) is 39.1 Å². The normalized spacial score (nSPS) is 16.2. The van der Waals surface area contributed by atoms with Gasteiger partial charge in [0.15, 0.2) is 5.43 Å². The van der Waals surface area contributed by atoms with E-state index in [-0.39, 0.29) is 11.3 Å². The Morgan fingerprint density at radius 1 is 1.24 bits per heavy atom. The molecule has 0 spiro atoms. The monoisotopic (exact) mass is 342 g/mol. The summed E-state index contributed by atoms with van der Waals surface area (Å²) in [4.78, 5) is 32.5. The molecule has 3 rings (SSSR count). The fourth-order valence-electron chi connectivity index (χ4n) is 3.26. The molecule has 0 unspecified atom stereocenters. The molecule has 1 aliphatic heterocycles. The van der Waals surface area contributed by atoms with Crippen LogP contribution in [0.25, 0.3) is 10.9 Å². The topological polar surface area (TPSA) is 68.4 Å². The van der Waals surface area contributed by atoms with Gasteiger partial charge >= 0.3 is 0 Å². The highest BCUT2D eigenvalue weighted by molar-refractivity contribution is 6.05. The van der Waals surface area contributed by atoms with Gasteiger partial charge in [-0.3, -0.25) is 9.59 Å². The van der Waals surface area contributed by atoms with Crippen molar-refractivity contribution in [2.24, 2.45) is 0 Å². The third-order valence-corrected chi connectivity index (χ3v) is 4.78. The van der Waals surface area contributed by atoms with Gasteiger partial charge in [0.1, 0.15) is 0 Å². The van der Waals surface area contributed by atoms with Gasteiger partial charge < -0.3 is 20.1 Å². The Kier molecular flexibility index (Phi) is 5.50. The molecular weight excluding hydrogens is 316 g/mol. The number of piperazine rings is 1. The molecule has 2 heterocycles. The minimum Gasteiger partial charge on any atom is -0.358 e. The lowest BCUT2D eigenvalue weighted by atomic mass is 10.1. The third-order valence-electron chi connectivity index (χ3n) is 4.78. The summed E-state index contributed by atoms with van der Waals surface area (Å²) >= 11 is 0. The molecule has 1 fully saturated rings. The predicted molar refractivity (Wildman–Crippen MR) is 100 cm³/mol. The first kappa shape index (κ1) is 17.6. The fraction of sp³-hybridized carbons (Fsp3) is 0.474. The van der Waals surface area contributed by atoms with Gasteiger partial charge in [-0.2, -0.15) is 0 Å². The van der Waals surface area contributed by atoms with E-state index in [0.29, 0.717) is 23.0 Å². The second-order valence-corrected chi connectivity index (χ2v) is 6.80. The zero-order valence-electron chi connectivity index (χ0n) is 15.0. The van der Waals surface area contributed by atoms with Crippen LogP contribution >= 0.6 is 0 Å². The van der Waals surface area contributed by atoms with Gasteiger partial charge in [0.05, 0.1) is 11.1 Å². The van der Waals surface area contributed by atoms with E-state index in [0.717, 1.165) is 44.8 Å². The summed E-state index contributed by atoms with van der Waals surface area (Å²) in [5.74, 6) is -0.134. The van der Waals surface area contributed by atoms with Crippen LogP contribution in [0.4, 0.5) is 0 Å². The Balaban J connectivity index is 1.58. The number of aromatic amines is 1. The lowest BCUT2D eigenvalue weighted by Gasteiger charge is -2.32. The van der Waals surface area contributed by atoms with Crippen LogP contribution in [0.3, 0.4) is 0 Å². The average Bonchev–Trinajstić information content (AvgIpc) is 2.59. The fourth-order valence-corrected chi connectivity index (χ4v) is 3.26. The smallest absolute Gasteiger partial charge is 0.253 e. The second-order valence-electron chi connectivity index (χ2n) is 6.80. The Bertz CT molecular complexity index is 807. The van der Waals surface area contributed by atoms with Crippen molar-refractivity contribution in [3.05, 3.63) is 45.7 Å². The zero-order chi connectivity index (χ0) is 17.8. The van der Waals surface area contributed by atoms with Crippen LogP contribution in [0.1, 0.15) is 22.5 Å². The van der Waals surface area contributed by atoms with E-state index < -0.39 is 0 Å². The highest BCUT2D eigenvalue weighted by Gasteiger charge is 2.14. The summed E-state index contributed by atoms with van der Waals surface area (Å²) in [6, 6.07) is 6.82. The van der Waals surface area contributed by atoms with Gasteiger partial charge in [0.2, 0.25) is 0 Å². The van der Waals surface area contributed by atoms with Crippen LogP contribution in [0.15, 0.2) is 29.1 Å². The number of carbonyl (C=O) groups excluding carboxylic acids is 1. The lowest BCUT2D eigenvalue weighted by molar-refractivity contribution is 0.0951. The Morgan fingerprint density at radius 2 is 2.00 bits per heavy atom. The quantitative estimate of drug-likeness (QED) is 0.802. The van der Waals surface area contributed by atoms with Crippen molar-refractivity contribution in [1.82, 2.24) is 20.1 Å². The molecule has 0 radical (unpaired) electrons. The maximum Gasteiger partial charge on any atom is 0.253 e. The number of para-hydroxylation sites is 1. The molecule has 0 saturated carbocycles. The van der Waals surface area contributed by atoms with Gasteiger partial charge in [0.25, 0.3) is 5.91 Å². The molecule has 6 nitrogen and oxygen atoms in total. The van der Waals surface area contributed by atoms with E-state index in [1.807, 2.05) is 6.92 Å². The first-order chi connectivity index (χ1) is 12.0. The van der Waals surface area contributed by atoms with Crippen LogP contribution in [0, 0.1) is 6.92 Å². The number of carbonyl (C=O) groups is 1.